The van der Waals surface area contributed by atoms with Gasteiger partial charge in [0.1, 0.15) is 17.8 Å². The van der Waals surface area contributed by atoms with Crippen LogP contribution in [0, 0.1) is 0 Å². The van der Waals surface area contributed by atoms with Crippen molar-refractivity contribution in [3.63, 3.8) is 0 Å². The molecule has 2 fully saturated rings. The third-order valence-electron chi connectivity index (χ3n) is 8.19. The molecule has 0 spiro atoms. The van der Waals surface area contributed by atoms with Gasteiger partial charge < -0.3 is 9.47 Å². The number of carbonyl (C=O) groups is 1. The molecule has 0 atom stereocenters. The molecule has 212 valence electrons. The number of hydrogen-bond acceptors (Lipinski definition) is 4. The molecule has 1 amide bonds. The zero-order chi connectivity index (χ0) is 28.7. The van der Waals surface area contributed by atoms with Crippen LogP contribution in [0.25, 0.3) is 0 Å². The molecule has 0 unspecified atom stereocenters. The molecule has 1 saturated carbocycles. The maximum absolute atomic E-state index is 14.2. The van der Waals surface area contributed by atoms with Crippen molar-refractivity contribution < 1.29 is 31.1 Å². The summed E-state index contributed by atoms with van der Waals surface area (Å²) in [5, 5.41) is 7.88. The van der Waals surface area contributed by atoms with E-state index in [4.69, 9.17) is 0 Å². The summed E-state index contributed by atoms with van der Waals surface area (Å²) >= 11 is 0. The third kappa shape index (κ3) is 4.65. The normalized spacial score (nSPS) is 21.2. The number of hydrogen-bond donors (Lipinski definition) is 0. The van der Waals surface area contributed by atoms with Crippen molar-refractivity contribution >= 4 is 11.6 Å². The largest absolute Gasteiger partial charge is 0.416 e. The number of carbonyl (C=O) groups excluding carboxylic acids is 1. The van der Waals surface area contributed by atoms with Gasteiger partial charge in [0.05, 0.1) is 12.1 Å². The third-order valence-corrected chi connectivity index (χ3v) is 8.19. The lowest BCUT2D eigenvalue weighted by atomic mass is 9.60. The molecule has 1 saturated heterocycles. The summed E-state index contributed by atoms with van der Waals surface area (Å²) in [6, 6.07) is 9.03. The summed E-state index contributed by atoms with van der Waals surface area (Å²) in [4.78, 5) is 16.4. The van der Waals surface area contributed by atoms with Crippen LogP contribution in [0.15, 0.2) is 42.7 Å². The van der Waals surface area contributed by atoms with E-state index >= 15 is 0 Å². The highest BCUT2D eigenvalue weighted by atomic mass is 19.4. The Hall–Kier alpha value is -3.41. The standard InChI is InChI=1S/C28H27F6N5O/c1-25(29)14-38(15-25)10-17-6-20-21(22(7-17)28(32,33)34)11-39(24(20)40)19-5-3-4-18(8-19)26(12-27(30,31)13-26)9-23-36-35-16-37(23)2/h3-8,16H,9-15H2,1-2H3. The average molecular weight is 564 g/mol. The Kier molecular flexibility index (Phi) is 5.89. The van der Waals surface area contributed by atoms with Crippen LogP contribution >= 0.6 is 0 Å². The lowest BCUT2D eigenvalue weighted by Crippen LogP contribution is -2.56. The van der Waals surface area contributed by atoms with E-state index in [0.29, 0.717) is 17.1 Å². The molecule has 3 aliphatic rings. The SMILES string of the molecule is Cn1cnnc1CC1(c2cccc(N3Cc4c(cc(CN5CC(C)(F)C5)cc4C(F)(F)F)C3=O)c2)CC(F)(F)C1. The summed E-state index contributed by atoms with van der Waals surface area (Å²) in [6.07, 6.45) is -3.84. The van der Waals surface area contributed by atoms with E-state index in [0.717, 1.165) is 6.07 Å². The van der Waals surface area contributed by atoms with Crippen molar-refractivity contribution in [1.82, 2.24) is 19.7 Å². The topological polar surface area (TPSA) is 54.3 Å². The number of amides is 1. The molecule has 3 heterocycles. The number of nitrogens with zero attached hydrogens (tertiary/aromatic N) is 5. The monoisotopic (exact) mass is 563 g/mol. The highest BCUT2D eigenvalue weighted by Gasteiger charge is 2.57. The molecule has 0 N–H and O–H groups in total. The van der Waals surface area contributed by atoms with E-state index in [-0.39, 0.29) is 49.3 Å². The second-order valence-corrected chi connectivity index (χ2v) is 11.7. The van der Waals surface area contributed by atoms with E-state index < -0.39 is 47.5 Å². The van der Waals surface area contributed by atoms with Crippen LogP contribution in [-0.2, 0) is 38.1 Å². The molecule has 1 aliphatic carbocycles. The van der Waals surface area contributed by atoms with Crippen molar-refractivity contribution in [2.24, 2.45) is 7.05 Å². The number of benzene rings is 2. The van der Waals surface area contributed by atoms with Gasteiger partial charge in [-0.3, -0.25) is 9.69 Å². The molecule has 2 aliphatic heterocycles. The van der Waals surface area contributed by atoms with Gasteiger partial charge in [0, 0.05) is 62.6 Å². The Morgan fingerprint density at radius 1 is 1.05 bits per heavy atom. The Labute approximate surface area is 226 Å². The molecule has 3 aromatic rings. The van der Waals surface area contributed by atoms with Gasteiger partial charge in [-0.2, -0.15) is 13.2 Å². The number of aryl methyl sites for hydroxylation is 1. The van der Waals surface area contributed by atoms with Crippen LogP contribution in [0.1, 0.15) is 58.2 Å². The Bertz CT molecular complexity index is 1480. The molecule has 6 nitrogen and oxygen atoms in total. The van der Waals surface area contributed by atoms with Gasteiger partial charge in [0.25, 0.3) is 5.91 Å². The first-order valence-corrected chi connectivity index (χ1v) is 12.9. The van der Waals surface area contributed by atoms with E-state index in [9.17, 15) is 31.1 Å². The molecule has 0 radical (unpaired) electrons. The van der Waals surface area contributed by atoms with Crippen molar-refractivity contribution in [2.75, 3.05) is 18.0 Å². The highest BCUT2D eigenvalue weighted by molar-refractivity contribution is 6.10. The predicted molar refractivity (Wildman–Crippen MR) is 134 cm³/mol. The van der Waals surface area contributed by atoms with E-state index in [2.05, 4.69) is 10.2 Å². The Morgan fingerprint density at radius 3 is 2.38 bits per heavy atom. The Balaban J connectivity index is 1.32. The minimum atomic E-state index is -4.69. The predicted octanol–water partition coefficient (Wildman–Crippen LogP) is 5.45. The highest BCUT2D eigenvalue weighted by Crippen LogP contribution is 2.55. The molecule has 6 rings (SSSR count). The maximum atomic E-state index is 14.2. The summed E-state index contributed by atoms with van der Waals surface area (Å²) < 4.78 is 86.3. The van der Waals surface area contributed by atoms with Crippen LogP contribution in [-0.4, -0.2) is 50.3 Å². The lowest BCUT2D eigenvalue weighted by molar-refractivity contribution is -0.138. The van der Waals surface area contributed by atoms with E-state index in [1.807, 2.05) is 0 Å². The summed E-state index contributed by atoms with van der Waals surface area (Å²) in [5.74, 6) is -2.93. The quantitative estimate of drug-likeness (QED) is 0.375. The number of halogens is 6. The minimum Gasteiger partial charge on any atom is -0.321 e. The van der Waals surface area contributed by atoms with Crippen LogP contribution in [0.4, 0.5) is 32.0 Å². The number of alkyl halides is 6. The Morgan fingerprint density at radius 2 is 1.77 bits per heavy atom. The molecule has 0 bridgehead atoms. The van der Waals surface area contributed by atoms with E-state index in [1.54, 1.807) is 40.8 Å². The number of likely N-dealkylation sites (tertiary alicyclic amines) is 1. The van der Waals surface area contributed by atoms with Crippen LogP contribution in [0.5, 0.6) is 0 Å². The van der Waals surface area contributed by atoms with Gasteiger partial charge in [-0.25, -0.2) is 13.2 Å². The first-order valence-electron chi connectivity index (χ1n) is 12.9. The maximum Gasteiger partial charge on any atom is 0.416 e. The van der Waals surface area contributed by atoms with Crippen LogP contribution < -0.4 is 4.90 Å². The minimum absolute atomic E-state index is 0.0530. The van der Waals surface area contributed by atoms with Gasteiger partial charge in [-0.15, -0.1) is 10.2 Å². The van der Waals surface area contributed by atoms with Gasteiger partial charge in [0.2, 0.25) is 5.92 Å². The van der Waals surface area contributed by atoms with Crippen molar-refractivity contribution in [3.05, 3.63) is 76.4 Å². The zero-order valence-electron chi connectivity index (χ0n) is 21.9. The zero-order valence-corrected chi connectivity index (χ0v) is 21.9. The van der Waals surface area contributed by atoms with Crippen molar-refractivity contribution in [2.45, 2.75) is 62.5 Å². The summed E-state index contributed by atoms with van der Waals surface area (Å²) in [5.41, 5.74) is -2.24. The first kappa shape index (κ1) is 26.8. The van der Waals surface area contributed by atoms with Gasteiger partial charge in [-0.05, 0) is 47.9 Å². The fourth-order valence-corrected chi connectivity index (χ4v) is 6.42. The summed E-state index contributed by atoms with van der Waals surface area (Å²) in [6.45, 7) is 1.44. The molecule has 12 heteroatoms. The molecular formula is C28H27F6N5O. The van der Waals surface area contributed by atoms with Gasteiger partial charge in [0.15, 0.2) is 0 Å². The molecule has 1 aromatic heterocycles. The first-order chi connectivity index (χ1) is 18.6. The summed E-state index contributed by atoms with van der Waals surface area (Å²) in [7, 11) is 1.72. The van der Waals surface area contributed by atoms with Gasteiger partial charge in [-0.1, -0.05) is 12.1 Å². The fourth-order valence-electron chi connectivity index (χ4n) is 6.42. The molecule has 40 heavy (non-hydrogen) atoms. The number of anilines is 1. The number of fused-ring (bicyclic) bond motifs is 1. The lowest BCUT2D eigenvalue weighted by Gasteiger charge is -2.48. The van der Waals surface area contributed by atoms with Crippen molar-refractivity contribution in [1.29, 1.82) is 0 Å². The van der Waals surface area contributed by atoms with Crippen molar-refractivity contribution in [3.8, 4) is 0 Å². The van der Waals surface area contributed by atoms with Crippen LogP contribution in [0.2, 0.25) is 0 Å². The molecular weight excluding hydrogens is 536 g/mol. The average Bonchev–Trinajstić information content (AvgIpc) is 3.38. The molecule has 2 aromatic carbocycles. The second kappa shape index (κ2) is 8.79. The van der Waals surface area contributed by atoms with E-state index in [1.165, 1.54) is 24.2 Å². The fraction of sp³-hybridized carbons (Fsp3) is 0.464. The van der Waals surface area contributed by atoms with Crippen LogP contribution in [0.3, 0.4) is 0 Å². The van der Waals surface area contributed by atoms with Gasteiger partial charge >= 0.3 is 6.18 Å². The number of rotatable bonds is 6. The smallest absolute Gasteiger partial charge is 0.321 e. The number of aromatic nitrogens is 3. The second-order valence-electron chi connectivity index (χ2n) is 11.7.